The summed E-state index contributed by atoms with van der Waals surface area (Å²) in [6.45, 7) is 0. The Labute approximate surface area is 90.3 Å². The molecule has 0 unspecified atom stereocenters. The largest absolute Gasteiger partial charge is 0.493 e. The van der Waals surface area contributed by atoms with E-state index >= 15 is 0 Å². The summed E-state index contributed by atoms with van der Waals surface area (Å²) in [5, 5.41) is 4.84. The van der Waals surface area contributed by atoms with Crippen LogP contribution in [0.4, 0.5) is 14.6 Å². The lowest BCUT2D eigenvalue weighted by Crippen LogP contribution is -2.16. The van der Waals surface area contributed by atoms with Crippen LogP contribution in [-0.2, 0) is 10.0 Å². The molecule has 90 valence electrons. The second-order valence-electron chi connectivity index (χ2n) is 2.81. The Bertz CT molecular complexity index is 504. The van der Waals surface area contributed by atoms with Crippen molar-refractivity contribution in [2.24, 2.45) is 5.14 Å². The molecule has 6 nitrogen and oxygen atoms in total. The Hall–Kier alpha value is -1.48. The van der Waals surface area contributed by atoms with Crippen LogP contribution < -0.4 is 15.6 Å². The van der Waals surface area contributed by atoms with E-state index < -0.39 is 32.8 Å². The zero-order valence-electron chi connectivity index (χ0n) is 8.15. The van der Waals surface area contributed by atoms with Gasteiger partial charge in [0.2, 0.25) is 10.0 Å². The van der Waals surface area contributed by atoms with Gasteiger partial charge in [-0.1, -0.05) is 0 Å². The van der Waals surface area contributed by atoms with Gasteiger partial charge in [-0.15, -0.1) is 0 Å². The molecule has 1 rings (SSSR count). The Morgan fingerprint density at radius 1 is 1.50 bits per heavy atom. The molecule has 0 aliphatic carbocycles. The second kappa shape index (κ2) is 4.18. The molecule has 4 N–H and O–H groups in total. The predicted molar refractivity (Wildman–Crippen MR) is 51.5 cm³/mol. The molecule has 1 aromatic rings. The van der Waals surface area contributed by atoms with E-state index in [1.54, 1.807) is 0 Å². The minimum absolute atomic E-state index is 0.375. The molecule has 0 saturated heterocycles. The van der Waals surface area contributed by atoms with Crippen molar-refractivity contribution in [2.45, 2.75) is 11.3 Å². The molecule has 0 atom stereocenters. The van der Waals surface area contributed by atoms with Gasteiger partial charge in [0.15, 0.2) is 11.4 Å². The summed E-state index contributed by atoms with van der Waals surface area (Å²) in [6, 6.07) is 0.861. The van der Waals surface area contributed by atoms with E-state index in [1.165, 1.54) is 0 Å². The van der Waals surface area contributed by atoms with Crippen molar-refractivity contribution in [1.82, 2.24) is 4.98 Å². The van der Waals surface area contributed by atoms with Gasteiger partial charge in [-0.2, -0.15) is 0 Å². The quantitative estimate of drug-likeness (QED) is 0.803. The van der Waals surface area contributed by atoms with Crippen LogP contribution >= 0.6 is 0 Å². The molecule has 0 fully saturated rings. The van der Waals surface area contributed by atoms with E-state index in [2.05, 4.69) is 9.72 Å². The molecule has 1 aromatic heterocycles. The summed E-state index contributed by atoms with van der Waals surface area (Å²) in [5.74, 6) is -0.966. The van der Waals surface area contributed by atoms with E-state index in [-0.39, 0.29) is 5.82 Å². The number of hydrogen-bond donors (Lipinski definition) is 2. The summed E-state index contributed by atoms with van der Waals surface area (Å²) >= 11 is 0. The summed E-state index contributed by atoms with van der Waals surface area (Å²) in [7, 11) is -3.17. The number of nitrogen functional groups attached to an aromatic ring is 1. The second-order valence-corrected chi connectivity index (χ2v) is 4.34. The van der Waals surface area contributed by atoms with E-state index in [4.69, 9.17) is 10.9 Å². The molecule has 1 heterocycles. The van der Waals surface area contributed by atoms with Gasteiger partial charge >= 0.3 is 0 Å². The van der Waals surface area contributed by atoms with Crippen molar-refractivity contribution in [1.29, 1.82) is 0 Å². The molecular formula is C7H9F2N3O3S. The average molecular weight is 253 g/mol. The first-order valence-corrected chi connectivity index (χ1v) is 5.47. The van der Waals surface area contributed by atoms with Crippen molar-refractivity contribution >= 4 is 15.8 Å². The number of rotatable bonds is 3. The molecule has 0 radical (unpaired) electrons. The summed E-state index contributed by atoms with van der Waals surface area (Å²) in [5.41, 5.74) is 4.34. The first kappa shape index (κ1) is 12.6. The highest BCUT2D eigenvalue weighted by atomic mass is 32.2. The van der Waals surface area contributed by atoms with E-state index in [0.717, 1.165) is 13.2 Å². The summed E-state index contributed by atoms with van der Waals surface area (Å²) in [6.07, 6.45) is -3.01. The molecular weight excluding hydrogens is 244 g/mol. The monoisotopic (exact) mass is 253 g/mol. The highest BCUT2D eigenvalue weighted by Crippen LogP contribution is 2.33. The van der Waals surface area contributed by atoms with Gasteiger partial charge in [0, 0.05) is 6.07 Å². The third-order valence-electron chi connectivity index (χ3n) is 1.70. The molecule has 0 aliphatic heterocycles. The van der Waals surface area contributed by atoms with Crippen LogP contribution in [0.15, 0.2) is 11.0 Å². The highest BCUT2D eigenvalue weighted by molar-refractivity contribution is 7.89. The van der Waals surface area contributed by atoms with Crippen molar-refractivity contribution in [3.05, 3.63) is 11.8 Å². The standard InChI is InChI=1S/C7H9F2N3O3S/c1-15-6-3(16(11,13)14)2-4(10)12-5(6)7(8)9/h2,7H,1H3,(H2,10,12)(H2,11,13,14). The zero-order chi connectivity index (χ0) is 12.5. The number of alkyl halides is 2. The fourth-order valence-electron chi connectivity index (χ4n) is 1.11. The van der Waals surface area contributed by atoms with Gasteiger partial charge in [-0.3, -0.25) is 0 Å². The van der Waals surface area contributed by atoms with Crippen LogP contribution in [0.2, 0.25) is 0 Å². The van der Waals surface area contributed by atoms with Crippen LogP contribution in [0, 0.1) is 0 Å². The molecule has 16 heavy (non-hydrogen) atoms. The number of aromatic nitrogens is 1. The average Bonchev–Trinajstić information content (AvgIpc) is 2.14. The number of anilines is 1. The third kappa shape index (κ3) is 2.36. The minimum Gasteiger partial charge on any atom is -0.493 e. The molecule has 9 heteroatoms. The Morgan fingerprint density at radius 2 is 2.06 bits per heavy atom. The zero-order valence-corrected chi connectivity index (χ0v) is 8.96. The lowest BCUT2D eigenvalue weighted by Gasteiger charge is -2.11. The van der Waals surface area contributed by atoms with Crippen LogP contribution in [-0.4, -0.2) is 20.5 Å². The van der Waals surface area contributed by atoms with Gasteiger partial charge in [0.25, 0.3) is 6.43 Å². The Balaban J connectivity index is 3.62. The number of primary sulfonamides is 1. The van der Waals surface area contributed by atoms with E-state index in [9.17, 15) is 17.2 Å². The van der Waals surface area contributed by atoms with Gasteiger partial charge in [0.05, 0.1) is 7.11 Å². The summed E-state index contributed by atoms with van der Waals surface area (Å²) in [4.78, 5) is 2.69. The van der Waals surface area contributed by atoms with Crippen LogP contribution in [0.3, 0.4) is 0 Å². The number of hydrogen-bond acceptors (Lipinski definition) is 5. The first-order valence-electron chi connectivity index (χ1n) is 3.92. The van der Waals surface area contributed by atoms with Crippen molar-refractivity contribution < 1.29 is 21.9 Å². The number of pyridine rings is 1. The van der Waals surface area contributed by atoms with Gasteiger partial charge in [0.1, 0.15) is 10.7 Å². The van der Waals surface area contributed by atoms with E-state index in [0.29, 0.717) is 0 Å². The number of nitrogens with zero attached hydrogens (tertiary/aromatic N) is 1. The van der Waals surface area contributed by atoms with Crippen LogP contribution in [0.5, 0.6) is 5.75 Å². The van der Waals surface area contributed by atoms with Crippen molar-refractivity contribution in [2.75, 3.05) is 12.8 Å². The predicted octanol–water partition coefficient (Wildman–Crippen LogP) is 0.257. The molecule has 0 amide bonds. The topological polar surface area (TPSA) is 108 Å². The highest BCUT2D eigenvalue weighted by Gasteiger charge is 2.25. The molecule has 0 spiro atoms. The van der Waals surface area contributed by atoms with E-state index in [1.807, 2.05) is 0 Å². The minimum atomic E-state index is -4.20. The number of methoxy groups -OCH3 is 1. The number of ether oxygens (including phenoxy) is 1. The lowest BCUT2D eigenvalue weighted by atomic mass is 10.3. The summed E-state index contributed by atoms with van der Waals surface area (Å²) < 4.78 is 51.8. The maximum Gasteiger partial charge on any atom is 0.284 e. The fourth-order valence-corrected chi connectivity index (χ4v) is 1.84. The normalized spacial score (nSPS) is 11.8. The molecule has 0 bridgehead atoms. The lowest BCUT2D eigenvalue weighted by molar-refractivity contribution is 0.141. The Morgan fingerprint density at radius 3 is 2.44 bits per heavy atom. The maximum atomic E-state index is 12.5. The third-order valence-corrected chi connectivity index (χ3v) is 2.62. The SMILES string of the molecule is COc1c(S(N)(=O)=O)cc(N)nc1C(F)F. The van der Waals surface area contributed by atoms with Gasteiger partial charge in [-0.05, 0) is 0 Å². The van der Waals surface area contributed by atoms with Gasteiger partial charge in [-0.25, -0.2) is 27.3 Å². The van der Waals surface area contributed by atoms with Crippen LogP contribution in [0.25, 0.3) is 0 Å². The van der Waals surface area contributed by atoms with Crippen LogP contribution in [0.1, 0.15) is 12.1 Å². The van der Waals surface area contributed by atoms with Crippen molar-refractivity contribution in [3.8, 4) is 5.75 Å². The fraction of sp³-hybridized carbons (Fsp3) is 0.286. The first-order chi connectivity index (χ1) is 7.27. The maximum absolute atomic E-state index is 12.5. The Kier molecular flexibility index (Phi) is 3.29. The molecule has 0 aromatic carbocycles. The molecule has 0 saturated carbocycles. The molecule has 0 aliphatic rings. The van der Waals surface area contributed by atoms with Crippen molar-refractivity contribution in [3.63, 3.8) is 0 Å². The number of nitrogens with two attached hydrogens (primary N) is 2. The number of sulfonamides is 1. The smallest absolute Gasteiger partial charge is 0.284 e. The van der Waals surface area contributed by atoms with Gasteiger partial charge < -0.3 is 10.5 Å². The number of halogens is 2.